The summed E-state index contributed by atoms with van der Waals surface area (Å²) >= 11 is 7.40. The number of thioether (sulfide) groups is 1. The zero-order valence-electron chi connectivity index (χ0n) is 9.51. The number of hydrogen-bond donors (Lipinski definition) is 1. The van der Waals surface area contributed by atoms with E-state index in [1.807, 2.05) is 13.2 Å². The summed E-state index contributed by atoms with van der Waals surface area (Å²) in [5, 5.41) is 13.7. The molecule has 1 unspecified atom stereocenters. The summed E-state index contributed by atoms with van der Waals surface area (Å²) in [4.78, 5) is 17.7. The van der Waals surface area contributed by atoms with Gasteiger partial charge in [0.1, 0.15) is 6.33 Å². The highest BCUT2D eigenvalue weighted by molar-refractivity contribution is 7.98. The van der Waals surface area contributed by atoms with Crippen molar-refractivity contribution in [3.63, 3.8) is 0 Å². The molecule has 1 aromatic heterocycles. The maximum atomic E-state index is 10.8. The SMILES string of the molecule is CSCCC(C)Nc1ncnc(Cl)c1[N+](=O)[O-]. The second kappa shape index (κ2) is 6.61. The van der Waals surface area contributed by atoms with E-state index < -0.39 is 4.92 Å². The Hall–Kier alpha value is -1.08. The molecule has 0 fully saturated rings. The Morgan fingerprint density at radius 1 is 1.65 bits per heavy atom. The average Bonchev–Trinajstić information content (AvgIpc) is 2.25. The molecule has 6 nitrogen and oxygen atoms in total. The van der Waals surface area contributed by atoms with Crippen LogP contribution in [0.5, 0.6) is 0 Å². The number of hydrogen-bond acceptors (Lipinski definition) is 6. The van der Waals surface area contributed by atoms with Crippen LogP contribution in [-0.4, -0.2) is 32.9 Å². The van der Waals surface area contributed by atoms with Crippen LogP contribution in [0.15, 0.2) is 6.33 Å². The molecule has 0 aliphatic heterocycles. The summed E-state index contributed by atoms with van der Waals surface area (Å²) < 4.78 is 0. The van der Waals surface area contributed by atoms with E-state index >= 15 is 0 Å². The van der Waals surface area contributed by atoms with Gasteiger partial charge in [0.25, 0.3) is 0 Å². The van der Waals surface area contributed by atoms with Gasteiger partial charge in [0.05, 0.1) is 4.92 Å². The van der Waals surface area contributed by atoms with Crippen LogP contribution in [0.3, 0.4) is 0 Å². The molecule has 0 radical (unpaired) electrons. The van der Waals surface area contributed by atoms with Crippen LogP contribution < -0.4 is 5.32 Å². The normalized spacial score (nSPS) is 12.2. The largest absolute Gasteiger partial charge is 0.362 e. The second-order valence-corrected chi connectivity index (χ2v) is 4.79. The highest BCUT2D eigenvalue weighted by Gasteiger charge is 2.22. The number of nitrogens with zero attached hydrogens (tertiary/aromatic N) is 3. The van der Waals surface area contributed by atoms with Crippen molar-refractivity contribution in [1.82, 2.24) is 9.97 Å². The monoisotopic (exact) mass is 276 g/mol. The van der Waals surface area contributed by atoms with Crippen LogP contribution in [0.2, 0.25) is 5.15 Å². The van der Waals surface area contributed by atoms with E-state index in [2.05, 4.69) is 15.3 Å². The first-order valence-electron chi connectivity index (χ1n) is 4.96. The highest BCUT2D eigenvalue weighted by Crippen LogP contribution is 2.28. The first-order chi connectivity index (χ1) is 8.06. The molecule has 0 saturated carbocycles. The molecule has 0 aliphatic rings. The fourth-order valence-electron chi connectivity index (χ4n) is 1.22. The summed E-state index contributed by atoms with van der Waals surface area (Å²) in [6.07, 6.45) is 4.11. The summed E-state index contributed by atoms with van der Waals surface area (Å²) in [5.74, 6) is 1.14. The fourth-order valence-corrected chi connectivity index (χ4v) is 2.02. The zero-order valence-corrected chi connectivity index (χ0v) is 11.1. The molecular formula is C9H13ClN4O2S. The van der Waals surface area contributed by atoms with Gasteiger partial charge in [-0.3, -0.25) is 10.1 Å². The molecule has 0 aromatic carbocycles. The molecule has 0 saturated heterocycles. The zero-order chi connectivity index (χ0) is 12.8. The number of anilines is 1. The number of aromatic nitrogens is 2. The third-order valence-electron chi connectivity index (χ3n) is 2.10. The predicted molar refractivity (Wildman–Crippen MR) is 69.8 cm³/mol. The van der Waals surface area contributed by atoms with Gasteiger partial charge in [0, 0.05) is 6.04 Å². The van der Waals surface area contributed by atoms with E-state index in [0.29, 0.717) is 0 Å². The lowest BCUT2D eigenvalue weighted by molar-refractivity contribution is -0.384. The van der Waals surface area contributed by atoms with Crippen molar-refractivity contribution in [2.45, 2.75) is 19.4 Å². The first kappa shape index (κ1) is 14.0. The molecule has 1 atom stereocenters. The van der Waals surface area contributed by atoms with Gasteiger partial charge in [0.2, 0.25) is 11.0 Å². The van der Waals surface area contributed by atoms with Gasteiger partial charge in [-0.05, 0) is 25.4 Å². The van der Waals surface area contributed by atoms with Crippen LogP contribution in [0, 0.1) is 10.1 Å². The van der Waals surface area contributed by atoms with Crippen molar-refractivity contribution < 1.29 is 4.92 Å². The minimum Gasteiger partial charge on any atom is -0.362 e. The Labute approximate surface area is 108 Å². The minimum absolute atomic E-state index is 0.0899. The smallest absolute Gasteiger partial charge is 0.348 e. The average molecular weight is 277 g/mol. The van der Waals surface area contributed by atoms with E-state index in [1.165, 1.54) is 6.33 Å². The minimum atomic E-state index is -0.577. The maximum Gasteiger partial charge on any atom is 0.348 e. The van der Waals surface area contributed by atoms with E-state index in [9.17, 15) is 10.1 Å². The van der Waals surface area contributed by atoms with E-state index in [1.54, 1.807) is 11.8 Å². The molecular weight excluding hydrogens is 264 g/mol. The molecule has 0 bridgehead atoms. The van der Waals surface area contributed by atoms with Gasteiger partial charge >= 0.3 is 5.69 Å². The number of halogens is 1. The van der Waals surface area contributed by atoms with E-state index in [4.69, 9.17) is 11.6 Å². The van der Waals surface area contributed by atoms with Crippen molar-refractivity contribution in [1.29, 1.82) is 0 Å². The topological polar surface area (TPSA) is 81.0 Å². The molecule has 0 amide bonds. The van der Waals surface area contributed by atoms with Crippen molar-refractivity contribution in [2.24, 2.45) is 0 Å². The lowest BCUT2D eigenvalue weighted by atomic mass is 10.2. The lowest BCUT2D eigenvalue weighted by Crippen LogP contribution is -2.18. The highest BCUT2D eigenvalue weighted by atomic mass is 35.5. The number of rotatable bonds is 6. The van der Waals surface area contributed by atoms with E-state index in [-0.39, 0.29) is 22.7 Å². The lowest BCUT2D eigenvalue weighted by Gasteiger charge is -2.13. The molecule has 1 aromatic rings. The first-order valence-corrected chi connectivity index (χ1v) is 6.73. The van der Waals surface area contributed by atoms with Gasteiger partial charge in [-0.25, -0.2) is 9.97 Å². The summed E-state index contributed by atoms with van der Waals surface area (Å²) in [5.41, 5.74) is -0.273. The Morgan fingerprint density at radius 2 is 2.35 bits per heavy atom. The molecule has 1 rings (SSSR count). The molecule has 1 heterocycles. The van der Waals surface area contributed by atoms with Crippen LogP contribution >= 0.6 is 23.4 Å². The Kier molecular flexibility index (Phi) is 5.43. The standard InChI is InChI=1S/C9H13ClN4O2S/c1-6(3-4-17-2)13-9-7(14(15)16)8(10)11-5-12-9/h5-6H,3-4H2,1-2H3,(H,11,12,13). The maximum absolute atomic E-state index is 10.8. The number of nitro groups is 1. The van der Waals surface area contributed by atoms with Crippen molar-refractivity contribution in [2.75, 3.05) is 17.3 Å². The van der Waals surface area contributed by atoms with Crippen molar-refractivity contribution in [3.05, 3.63) is 21.6 Å². The Morgan fingerprint density at radius 3 is 2.94 bits per heavy atom. The molecule has 0 spiro atoms. The molecule has 94 valence electrons. The second-order valence-electron chi connectivity index (χ2n) is 3.45. The molecule has 8 heteroatoms. The Bertz CT molecular complexity index is 405. The number of nitrogens with one attached hydrogen (secondary N) is 1. The van der Waals surface area contributed by atoms with Gasteiger partial charge < -0.3 is 5.32 Å². The van der Waals surface area contributed by atoms with Gasteiger partial charge in [-0.15, -0.1) is 0 Å². The molecule has 0 aliphatic carbocycles. The summed E-state index contributed by atoms with van der Waals surface area (Å²) in [7, 11) is 0. The Balaban J connectivity index is 2.83. The molecule has 1 N–H and O–H groups in total. The van der Waals surface area contributed by atoms with Crippen LogP contribution in [0.4, 0.5) is 11.5 Å². The van der Waals surface area contributed by atoms with E-state index in [0.717, 1.165) is 12.2 Å². The molecule has 17 heavy (non-hydrogen) atoms. The van der Waals surface area contributed by atoms with Gasteiger partial charge in [0.15, 0.2) is 0 Å². The summed E-state index contributed by atoms with van der Waals surface area (Å²) in [6, 6.07) is 0.0899. The summed E-state index contributed by atoms with van der Waals surface area (Å²) in [6.45, 7) is 1.94. The third-order valence-corrected chi connectivity index (χ3v) is 3.02. The van der Waals surface area contributed by atoms with Crippen molar-refractivity contribution in [3.8, 4) is 0 Å². The van der Waals surface area contributed by atoms with Crippen molar-refractivity contribution >= 4 is 34.9 Å². The predicted octanol–water partition coefficient (Wildman–Crippen LogP) is 2.59. The van der Waals surface area contributed by atoms with Crippen LogP contribution in [0.25, 0.3) is 0 Å². The van der Waals surface area contributed by atoms with Gasteiger partial charge in [-0.2, -0.15) is 11.8 Å². The third kappa shape index (κ3) is 4.01. The van der Waals surface area contributed by atoms with Gasteiger partial charge in [-0.1, -0.05) is 11.6 Å². The van der Waals surface area contributed by atoms with Crippen LogP contribution in [0.1, 0.15) is 13.3 Å². The fraction of sp³-hybridized carbons (Fsp3) is 0.556. The van der Waals surface area contributed by atoms with Crippen LogP contribution in [-0.2, 0) is 0 Å². The quantitative estimate of drug-likeness (QED) is 0.489.